The number of benzene rings is 1. The second-order valence-corrected chi connectivity index (χ2v) is 7.01. The van der Waals surface area contributed by atoms with E-state index in [0.29, 0.717) is 11.4 Å². The largest absolute Gasteiger partial charge is 0.369 e. The average Bonchev–Trinajstić information content (AvgIpc) is 3.38. The Bertz CT molecular complexity index is 783. The van der Waals surface area contributed by atoms with Gasteiger partial charge in [-0.05, 0) is 30.3 Å². The zero-order valence-electron chi connectivity index (χ0n) is 16.2. The van der Waals surface area contributed by atoms with Gasteiger partial charge >= 0.3 is 0 Å². The molecule has 0 bridgehead atoms. The molecule has 150 valence electrons. The van der Waals surface area contributed by atoms with E-state index in [1.54, 1.807) is 30.5 Å². The van der Waals surface area contributed by atoms with Crippen molar-refractivity contribution in [2.24, 2.45) is 0 Å². The molecule has 3 atom stereocenters. The fourth-order valence-corrected chi connectivity index (χ4v) is 3.83. The molecule has 1 saturated carbocycles. The van der Waals surface area contributed by atoms with Gasteiger partial charge in [-0.1, -0.05) is 50.2 Å². The number of carbonyl (C=O) groups excluding carboxylic acids is 1. The molecule has 0 aliphatic heterocycles. The summed E-state index contributed by atoms with van der Waals surface area (Å²) in [4.78, 5) is 18.7. The Labute approximate surface area is 164 Å². The zero-order chi connectivity index (χ0) is 20.1. The number of hydrogen-bond acceptors (Lipinski definition) is 5. The molecule has 1 heterocycles. The fraction of sp³-hybridized carbons (Fsp3) is 0.429. The molecule has 0 saturated heterocycles. The molecule has 1 aromatic carbocycles. The van der Waals surface area contributed by atoms with Gasteiger partial charge in [0.15, 0.2) is 0 Å². The number of hydroxylamine groups is 1. The van der Waals surface area contributed by atoms with E-state index in [-0.39, 0.29) is 0 Å². The van der Waals surface area contributed by atoms with Crippen molar-refractivity contribution in [1.82, 2.24) is 15.4 Å². The lowest BCUT2D eigenvalue weighted by molar-refractivity contribution is -0.136. The van der Waals surface area contributed by atoms with E-state index in [4.69, 9.17) is 5.21 Å². The Morgan fingerprint density at radius 2 is 1.82 bits per heavy atom. The Morgan fingerprint density at radius 3 is 2.39 bits per heavy atom. The van der Waals surface area contributed by atoms with Gasteiger partial charge in [0.05, 0.1) is 0 Å². The monoisotopic (exact) mass is 386 g/mol. The number of pyridine rings is 1. The molecule has 1 amide bonds. The summed E-state index contributed by atoms with van der Waals surface area (Å²) < 4.78 is 15.4. The lowest BCUT2D eigenvalue weighted by atomic mass is 10.1. The van der Waals surface area contributed by atoms with Crippen LogP contribution in [0.25, 0.3) is 0 Å². The number of amides is 1. The molecule has 7 heteroatoms. The first-order valence-corrected chi connectivity index (χ1v) is 9.66. The molecule has 3 rings (SSSR count). The van der Waals surface area contributed by atoms with Gasteiger partial charge in [0.2, 0.25) is 5.67 Å². The van der Waals surface area contributed by atoms with Gasteiger partial charge in [-0.2, -0.15) is 0 Å². The molecule has 3 N–H and O–H groups in total. The van der Waals surface area contributed by atoms with Gasteiger partial charge in [-0.15, -0.1) is 0 Å². The van der Waals surface area contributed by atoms with Gasteiger partial charge in [0, 0.05) is 31.1 Å². The number of aromatic nitrogens is 1. The molecule has 28 heavy (non-hydrogen) atoms. The molecule has 1 aromatic heterocycles. The van der Waals surface area contributed by atoms with Crippen molar-refractivity contribution in [2.45, 2.75) is 31.4 Å². The second-order valence-electron chi connectivity index (χ2n) is 7.01. The highest BCUT2D eigenvalue weighted by atomic mass is 19.1. The molecule has 0 radical (unpaired) electrons. The average molecular weight is 386 g/mol. The summed E-state index contributed by atoms with van der Waals surface area (Å²) in [7, 11) is 0. The van der Waals surface area contributed by atoms with Gasteiger partial charge in [-0.25, -0.2) is 14.9 Å². The molecular formula is C21H27FN4O2. The Kier molecular flexibility index (Phi) is 6.26. The summed E-state index contributed by atoms with van der Waals surface area (Å²) >= 11 is 0. The first kappa shape index (κ1) is 20.2. The summed E-state index contributed by atoms with van der Waals surface area (Å²) in [6.07, 6.45) is 1.60. The van der Waals surface area contributed by atoms with Crippen molar-refractivity contribution in [3.8, 4) is 0 Å². The quantitative estimate of drug-likeness (QED) is 0.456. The molecule has 1 aliphatic rings. The van der Waals surface area contributed by atoms with E-state index >= 15 is 4.39 Å². The fourth-order valence-electron chi connectivity index (χ4n) is 3.83. The van der Waals surface area contributed by atoms with Crippen molar-refractivity contribution < 1.29 is 14.4 Å². The first-order valence-electron chi connectivity index (χ1n) is 9.66. The van der Waals surface area contributed by atoms with Gasteiger partial charge < -0.3 is 10.2 Å². The Balaban J connectivity index is 1.72. The highest BCUT2D eigenvalue weighted by Crippen LogP contribution is 2.66. The molecule has 1 fully saturated rings. The molecule has 2 aromatic rings. The number of nitrogens with one attached hydrogen (secondary N) is 2. The Morgan fingerprint density at radius 1 is 1.14 bits per heavy atom. The summed E-state index contributed by atoms with van der Waals surface area (Å²) in [5, 5.41) is 12.3. The minimum atomic E-state index is -2.19. The van der Waals surface area contributed by atoms with Crippen molar-refractivity contribution in [2.75, 3.05) is 31.5 Å². The lowest BCUT2D eigenvalue weighted by Crippen LogP contribution is -2.33. The van der Waals surface area contributed by atoms with E-state index in [9.17, 15) is 4.79 Å². The van der Waals surface area contributed by atoms with Crippen LogP contribution in [0.4, 0.5) is 10.2 Å². The second kappa shape index (κ2) is 8.67. The van der Waals surface area contributed by atoms with Crippen LogP contribution in [0.2, 0.25) is 0 Å². The number of alkyl halides is 1. The minimum Gasteiger partial charge on any atom is -0.369 e. The number of rotatable bonds is 9. The van der Waals surface area contributed by atoms with Crippen LogP contribution >= 0.6 is 0 Å². The standard InChI is InChI=1S/C21H27FN4O2/c1-3-26(4-2)13-12-23-17-11-10-16(14-24-17)19-18(15-8-6-5-7-9-15)21(19,22)20(27)25-28/h5-11,14,18-19,28H,3-4,12-13H2,1-2H3,(H,23,24)(H,25,27). The van der Waals surface area contributed by atoms with Crippen molar-refractivity contribution in [3.63, 3.8) is 0 Å². The summed E-state index contributed by atoms with van der Waals surface area (Å²) in [6, 6.07) is 12.6. The van der Waals surface area contributed by atoms with E-state index in [1.807, 2.05) is 18.2 Å². The van der Waals surface area contributed by atoms with Crippen LogP contribution in [-0.2, 0) is 4.79 Å². The SMILES string of the molecule is CCN(CC)CCNc1ccc(C2C(c3ccccc3)C2(F)C(=O)NO)cn1. The van der Waals surface area contributed by atoms with Crippen LogP contribution < -0.4 is 10.8 Å². The number of nitrogens with zero attached hydrogens (tertiary/aromatic N) is 2. The Hall–Kier alpha value is -2.51. The predicted molar refractivity (Wildman–Crippen MR) is 106 cm³/mol. The van der Waals surface area contributed by atoms with Crippen LogP contribution in [0.15, 0.2) is 48.7 Å². The maximum absolute atomic E-state index is 15.4. The van der Waals surface area contributed by atoms with Crippen LogP contribution in [0.3, 0.4) is 0 Å². The third kappa shape index (κ3) is 3.86. The number of halogens is 1. The predicted octanol–water partition coefficient (Wildman–Crippen LogP) is 2.93. The third-order valence-corrected chi connectivity index (χ3v) is 5.51. The van der Waals surface area contributed by atoms with E-state index in [2.05, 4.69) is 29.0 Å². The van der Waals surface area contributed by atoms with Gasteiger partial charge in [0.1, 0.15) is 5.82 Å². The van der Waals surface area contributed by atoms with E-state index < -0.39 is 23.4 Å². The highest BCUT2D eigenvalue weighted by molar-refractivity contribution is 5.92. The van der Waals surface area contributed by atoms with Crippen LogP contribution in [0.5, 0.6) is 0 Å². The van der Waals surface area contributed by atoms with Crippen molar-refractivity contribution in [3.05, 3.63) is 59.8 Å². The van der Waals surface area contributed by atoms with Gasteiger partial charge in [0.25, 0.3) is 5.91 Å². The number of likely N-dealkylation sites (N-methyl/N-ethyl adjacent to an activating group) is 1. The van der Waals surface area contributed by atoms with Gasteiger partial charge in [-0.3, -0.25) is 10.0 Å². The third-order valence-electron chi connectivity index (χ3n) is 5.51. The van der Waals surface area contributed by atoms with E-state index in [1.165, 1.54) is 5.48 Å². The molecule has 3 unspecified atom stereocenters. The number of anilines is 1. The van der Waals surface area contributed by atoms with Crippen molar-refractivity contribution in [1.29, 1.82) is 0 Å². The maximum Gasteiger partial charge on any atom is 0.282 e. The summed E-state index contributed by atoms with van der Waals surface area (Å²) in [5.74, 6) is -1.64. The number of hydrogen-bond donors (Lipinski definition) is 3. The van der Waals surface area contributed by atoms with E-state index in [0.717, 1.165) is 31.7 Å². The van der Waals surface area contributed by atoms with Crippen LogP contribution in [0, 0.1) is 0 Å². The topological polar surface area (TPSA) is 77.5 Å². The minimum absolute atomic E-state index is 0.634. The number of carbonyl (C=O) groups is 1. The smallest absolute Gasteiger partial charge is 0.282 e. The van der Waals surface area contributed by atoms with Crippen molar-refractivity contribution >= 4 is 11.7 Å². The normalized spacial score (nSPS) is 23.5. The zero-order valence-corrected chi connectivity index (χ0v) is 16.2. The first-order chi connectivity index (χ1) is 13.6. The summed E-state index contributed by atoms with van der Waals surface area (Å²) in [5.41, 5.74) is 0.647. The molecular weight excluding hydrogens is 359 g/mol. The summed E-state index contributed by atoms with van der Waals surface area (Å²) in [6.45, 7) is 7.93. The highest BCUT2D eigenvalue weighted by Gasteiger charge is 2.72. The van der Waals surface area contributed by atoms with Crippen LogP contribution in [0.1, 0.15) is 36.8 Å². The molecule has 1 aliphatic carbocycles. The maximum atomic E-state index is 15.4. The molecule has 6 nitrogen and oxygen atoms in total. The lowest BCUT2D eigenvalue weighted by Gasteiger charge is -2.18. The van der Waals surface area contributed by atoms with Crippen LogP contribution in [-0.4, -0.2) is 52.8 Å². The molecule has 0 spiro atoms.